The Labute approximate surface area is 108 Å². The van der Waals surface area contributed by atoms with E-state index < -0.39 is 0 Å². The Morgan fingerprint density at radius 3 is 2.06 bits per heavy atom. The highest BCUT2D eigenvalue weighted by Gasteiger charge is 2.13. The van der Waals surface area contributed by atoms with E-state index in [1.807, 2.05) is 19.1 Å². The summed E-state index contributed by atoms with van der Waals surface area (Å²) >= 11 is 0. The minimum absolute atomic E-state index is 0.0209. The van der Waals surface area contributed by atoms with Gasteiger partial charge in [0.05, 0.1) is 0 Å². The van der Waals surface area contributed by atoms with Gasteiger partial charge in [0.25, 0.3) is 5.56 Å². The van der Waals surface area contributed by atoms with Gasteiger partial charge in [-0.2, -0.15) is 0 Å². The van der Waals surface area contributed by atoms with Crippen LogP contribution in [0.3, 0.4) is 0 Å². The van der Waals surface area contributed by atoms with Gasteiger partial charge in [-0.25, -0.2) is 0 Å². The van der Waals surface area contributed by atoms with Crippen molar-refractivity contribution < 1.29 is 0 Å². The molecule has 0 fully saturated rings. The van der Waals surface area contributed by atoms with Gasteiger partial charge in [-0.15, -0.1) is 0 Å². The van der Waals surface area contributed by atoms with E-state index in [9.17, 15) is 4.79 Å². The molecule has 0 aliphatic heterocycles. The smallest absolute Gasteiger partial charge is 0.251 e. The first-order valence-corrected chi connectivity index (χ1v) is 6.19. The van der Waals surface area contributed by atoms with Crippen LogP contribution in [-0.4, -0.2) is 4.98 Å². The molecule has 2 heteroatoms. The zero-order valence-electron chi connectivity index (χ0n) is 11.4. The highest BCUT2D eigenvalue weighted by atomic mass is 16.1. The molecule has 0 aliphatic rings. The third-order valence-electron chi connectivity index (χ3n) is 3.17. The molecule has 1 heterocycles. The van der Waals surface area contributed by atoms with Crippen molar-refractivity contribution in [1.29, 1.82) is 0 Å². The van der Waals surface area contributed by atoms with Crippen LogP contribution in [0.5, 0.6) is 0 Å². The van der Waals surface area contributed by atoms with E-state index in [1.165, 1.54) is 5.56 Å². The topological polar surface area (TPSA) is 32.9 Å². The van der Waals surface area contributed by atoms with Gasteiger partial charge in [0.1, 0.15) is 0 Å². The van der Waals surface area contributed by atoms with Gasteiger partial charge in [-0.3, -0.25) is 4.79 Å². The third-order valence-corrected chi connectivity index (χ3v) is 3.17. The molecule has 0 aliphatic carbocycles. The van der Waals surface area contributed by atoms with E-state index in [-0.39, 0.29) is 11.0 Å². The van der Waals surface area contributed by atoms with Crippen LogP contribution in [0.2, 0.25) is 0 Å². The first kappa shape index (κ1) is 12.6. The summed E-state index contributed by atoms with van der Waals surface area (Å²) in [5.74, 6) is 0. The Morgan fingerprint density at radius 1 is 0.944 bits per heavy atom. The van der Waals surface area contributed by atoms with E-state index in [1.54, 1.807) is 0 Å². The molecule has 1 aromatic carbocycles. The van der Waals surface area contributed by atoms with Crippen molar-refractivity contribution in [2.45, 2.75) is 33.1 Å². The van der Waals surface area contributed by atoms with Gasteiger partial charge in [-0.1, -0.05) is 51.1 Å². The molecule has 0 bridgehead atoms. The number of pyridine rings is 1. The number of rotatable bonds is 1. The predicted molar refractivity (Wildman–Crippen MR) is 75.9 cm³/mol. The quantitative estimate of drug-likeness (QED) is 0.812. The number of aromatic amines is 1. The van der Waals surface area contributed by atoms with Crippen LogP contribution in [0.15, 0.2) is 41.2 Å². The van der Waals surface area contributed by atoms with E-state index in [4.69, 9.17) is 0 Å². The Balaban J connectivity index is 2.40. The van der Waals surface area contributed by atoms with Crippen LogP contribution in [0.4, 0.5) is 0 Å². The summed E-state index contributed by atoms with van der Waals surface area (Å²) in [5.41, 5.74) is 4.07. The Bertz CT molecular complexity index is 600. The molecule has 0 unspecified atom stereocenters. The maximum Gasteiger partial charge on any atom is 0.251 e. The van der Waals surface area contributed by atoms with Crippen LogP contribution in [0, 0.1) is 6.92 Å². The lowest BCUT2D eigenvalue weighted by Crippen LogP contribution is -2.11. The molecular weight excluding hydrogens is 222 g/mol. The highest BCUT2D eigenvalue weighted by molar-refractivity contribution is 5.59. The van der Waals surface area contributed by atoms with Crippen LogP contribution < -0.4 is 5.56 Å². The zero-order chi connectivity index (χ0) is 13.3. The van der Waals surface area contributed by atoms with Crippen molar-refractivity contribution in [1.82, 2.24) is 4.98 Å². The fraction of sp³-hybridized carbons (Fsp3) is 0.312. The Morgan fingerprint density at radius 2 is 1.56 bits per heavy atom. The lowest BCUT2D eigenvalue weighted by molar-refractivity contribution is 0.590. The summed E-state index contributed by atoms with van der Waals surface area (Å²) in [6, 6.07) is 12.2. The van der Waals surface area contributed by atoms with Gasteiger partial charge in [0, 0.05) is 11.3 Å². The Kier molecular flexibility index (Phi) is 3.12. The molecule has 0 amide bonds. The minimum atomic E-state index is -0.0209. The van der Waals surface area contributed by atoms with E-state index in [0.717, 1.165) is 16.8 Å². The summed E-state index contributed by atoms with van der Waals surface area (Å²) in [6.45, 7) is 8.38. The molecule has 94 valence electrons. The van der Waals surface area contributed by atoms with E-state index >= 15 is 0 Å². The summed E-state index contributed by atoms with van der Waals surface area (Å²) in [4.78, 5) is 14.5. The summed E-state index contributed by atoms with van der Waals surface area (Å²) < 4.78 is 0. The first-order valence-electron chi connectivity index (χ1n) is 6.19. The average Bonchev–Trinajstić information content (AvgIpc) is 2.32. The van der Waals surface area contributed by atoms with Crippen LogP contribution >= 0.6 is 0 Å². The molecule has 2 rings (SSSR count). The van der Waals surface area contributed by atoms with Crippen LogP contribution in [0.1, 0.15) is 31.9 Å². The minimum Gasteiger partial charge on any atom is -0.322 e. The predicted octanol–water partition coefficient (Wildman–Crippen LogP) is 3.65. The third kappa shape index (κ3) is 2.53. The van der Waals surface area contributed by atoms with Gasteiger partial charge in [-0.05, 0) is 29.5 Å². The highest BCUT2D eigenvalue weighted by Crippen LogP contribution is 2.24. The maximum absolute atomic E-state index is 11.6. The summed E-state index contributed by atoms with van der Waals surface area (Å²) in [5, 5.41) is 0. The number of aromatic nitrogens is 1. The normalized spacial score (nSPS) is 11.6. The first-order chi connectivity index (χ1) is 8.38. The SMILES string of the molecule is Cc1ccc(-c2ccc(C(C)(C)C)cc2)[nH]c1=O. The van der Waals surface area contributed by atoms with Crippen molar-refractivity contribution in [2.24, 2.45) is 0 Å². The zero-order valence-corrected chi connectivity index (χ0v) is 11.4. The molecule has 0 saturated carbocycles. The molecule has 1 N–H and O–H groups in total. The van der Waals surface area contributed by atoms with Crippen molar-refractivity contribution in [2.75, 3.05) is 0 Å². The average molecular weight is 241 g/mol. The Hall–Kier alpha value is -1.83. The number of hydrogen-bond donors (Lipinski definition) is 1. The number of benzene rings is 1. The lowest BCUT2D eigenvalue weighted by Gasteiger charge is -2.19. The van der Waals surface area contributed by atoms with Gasteiger partial charge < -0.3 is 4.98 Å². The fourth-order valence-corrected chi connectivity index (χ4v) is 1.86. The van der Waals surface area contributed by atoms with Gasteiger partial charge in [0.15, 0.2) is 0 Å². The van der Waals surface area contributed by atoms with E-state index in [0.29, 0.717) is 0 Å². The molecular formula is C16H19NO. The van der Waals surface area contributed by atoms with Crippen molar-refractivity contribution in [3.63, 3.8) is 0 Å². The number of hydrogen-bond acceptors (Lipinski definition) is 1. The summed E-state index contributed by atoms with van der Waals surface area (Å²) in [7, 11) is 0. The van der Waals surface area contributed by atoms with Crippen LogP contribution in [-0.2, 0) is 5.41 Å². The second kappa shape index (κ2) is 4.45. The second-order valence-electron chi connectivity index (χ2n) is 5.71. The fourth-order valence-electron chi connectivity index (χ4n) is 1.86. The second-order valence-corrected chi connectivity index (χ2v) is 5.71. The molecule has 18 heavy (non-hydrogen) atoms. The molecule has 0 saturated heterocycles. The molecule has 2 aromatic rings. The molecule has 0 atom stereocenters. The molecule has 2 nitrogen and oxygen atoms in total. The number of nitrogens with one attached hydrogen (secondary N) is 1. The lowest BCUT2D eigenvalue weighted by atomic mass is 9.86. The van der Waals surface area contributed by atoms with Crippen molar-refractivity contribution in [3.8, 4) is 11.3 Å². The largest absolute Gasteiger partial charge is 0.322 e. The molecule has 0 radical (unpaired) electrons. The molecule has 1 aromatic heterocycles. The van der Waals surface area contributed by atoms with Gasteiger partial charge in [0.2, 0.25) is 0 Å². The standard InChI is InChI=1S/C16H19NO/c1-11-5-10-14(17-15(11)18)12-6-8-13(9-7-12)16(2,3)4/h5-10H,1-4H3,(H,17,18). The number of aryl methyl sites for hydroxylation is 1. The van der Waals surface area contributed by atoms with Gasteiger partial charge >= 0.3 is 0 Å². The van der Waals surface area contributed by atoms with Crippen molar-refractivity contribution in [3.05, 3.63) is 57.9 Å². The molecule has 0 spiro atoms. The summed E-state index contributed by atoms with van der Waals surface area (Å²) in [6.07, 6.45) is 0. The maximum atomic E-state index is 11.6. The van der Waals surface area contributed by atoms with E-state index in [2.05, 4.69) is 50.0 Å². The monoisotopic (exact) mass is 241 g/mol. The van der Waals surface area contributed by atoms with Crippen molar-refractivity contribution >= 4 is 0 Å². The number of H-pyrrole nitrogens is 1. The van der Waals surface area contributed by atoms with Crippen LogP contribution in [0.25, 0.3) is 11.3 Å².